The molecule has 0 saturated carbocycles. The lowest BCUT2D eigenvalue weighted by atomic mass is 9.88. The van der Waals surface area contributed by atoms with Gasteiger partial charge >= 0.3 is 0 Å². The molecular formula is C28H39N7O3S. The number of benzene rings is 1. The minimum absolute atomic E-state index is 0.0502. The highest BCUT2D eigenvalue weighted by Crippen LogP contribution is 2.39. The van der Waals surface area contributed by atoms with Crippen molar-refractivity contribution in [3.63, 3.8) is 0 Å². The Labute approximate surface area is 230 Å². The molecule has 0 spiro atoms. The van der Waals surface area contributed by atoms with Crippen LogP contribution in [-0.2, 0) is 14.6 Å². The summed E-state index contributed by atoms with van der Waals surface area (Å²) in [5, 5.41) is 5.56. The number of anilines is 4. The zero-order valence-corrected chi connectivity index (χ0v) is 24.1. The van der Waals surface area contributed by atoms with Crippen molar-refractivity contribution in [2.24, 2.45) is 11.7 Å². The van der Waals surface area contributed by atoms with Gasteiger partial charge < -0.3 is 25.6 Å². The summed E-state index contributed by atoms with van der Waals surface area (Å²) in [7, 11) is -1.31. The van der Waals surface area contributed by atoms with Crippen LogP contribution in [0, 0.1) is 5.92 Å². The number of nitrogens with zero attached hydrogens (tertiary/aromatic N) is 5. The molecule has 11 heteroatoms. The summed E-state index contributed by atoms with van der Waals surface area (Å²) >= 11 is 0. The first-order valence-corrected chi connectivity index (χ1v) is 15.6. The molecule has 1 unspecified atom stereocenters. The third-order valence-corrected chi connectivity index (χ3v) is 9.08. The van der Waals surface area contributed by atoms with Crippen LogP contribution in [0.1, 0.15) is 38.7 Å². The molecule has 4 heterocycles. The van der Waals surface area contributed by atoms with Crippen LogP contribution in [0.3, 0.4) is 0 Å². The van der Waals surface area contributed by atoms with Gasteiger partial charge in [-0.05, 0) is 48.4 Å². The average Bonchev–Trinajstić information content (AvgIpc) is 2.89. The van der Waals surface area contributed by atoms with E-state index in [4.69, 9.17) is 20.4 Å². The molecular weight excluding hydrogens is 514 g/mol. The maximum absolute atomic E-state index is 11.8. The van der Waals surface area contributed by atoms with E-state index >= 15 is 0 Å². The number of hydrogen-bond donors (Lipinski definition) is 2. The molecule has 2 saturated heterocycles. The largest absolute Gasteiger partial charge is 0.380 e. The van der Waals surface area contributed by atoms with Crippen LogP contribution in [-0.4, -0.2) is 80.3 Å². The van der Waals surface area contributed by atoms with Crippen molar-refractivity contribution in [1.82, 2.24) is 15.0 Å². The zero-order valence-electron chi connectivity index (χ0n) is 23.3. The van der Waals surface area contributed by atoms with E-state index in [9.17, 15) is 8.42 Å². The average molecular weight is 554 g/mol. The van der Waals surface area contributed by atoms with Gasteiger partial charge in [0, 0.05) is 74.5 Å². The smallest absolute Gasteiger partial charge is 0.227 e. The summed E-state index contributed by atoms with van der Waals surface area (Å²) in [4.78, 5) is 18.3. The molecule has 3 aromatic rings. The number of sulfone groups is 1. The van der Waals surface area contributed by atoms with Crippen molar-refractivity contribution >= 4 is 43.9 Å². The van der Waals surface area contributed by atoms with E-state index in [0.717, 1.165) is 36.0 Å². The Bertz CT molecular complexity index is 1450. The highest BCUT2D eigenvalue weighted by atomic mass is 32.2. The lowest BCUT2D eigenvalue weighted by molar-refractivity contribution is 0.0662. The van der Waals surface area contributed by atoms with E-state index < -0.39 is 9.84 Å². The molecule has 5 rings (SSSR count). The van der Waals surface area contributed by atoms with Gasteiger partial charge in [-0.3, -0.25) is 0 Å². The fourth-order valence-corrected chi connectivity index (χ4v) is 6.95. The van der Waals surface area contributed by atoms with Crippen LogP contribution in [0.15, 0.2) is 36.7 Å². The molecule has 2 aromatic heterocycles. The van der Waals surface area contributed by atoms with Crippen molar-refractivity contribution in [2.45, 2.75) is 51.3 Å². The predicted molar refractivity (Wildman–Crippen MR) is 157 cm³/mol. The minimum atomic E-state index is -3.01. The number of piperidine rings is 1. The molecule has 2 fully saturated rings. The third kappa shape index (κ3) is 5.80. The Morgan fingerprint density at radius 2 is 1.95 bits per heavy atom. The molecule has 2 aliphatic rings. The number of hydrogen-bond acceptors (Lipinski definition) is 10. The van der Waals surface area contributed by atoms with Gasteiger partial charge in [0.05, 0.1) is 11.9 Å². The van der Waals surface area contributed by atoms with Gasteiger partial charge in [-0.25, -0.2) is 18.4 Å². The van der Waals surface area contributed by atoms with Gasteiger partial charge in [-0.1, -0.05) is 19.9 Å². The van der Waals surface area contributed by atoms with E-state index in [0.29, 0.717) is 30.0 Å². The Morgan fingerprint density at radius 1 is 1.15 bits per heavy atom. The monoisotopic (exact) mass is 553 g/mol. The topological polar surface area (TPSA) is 127 Å². The lowest BCUT2D eigenvalue weighted by Gasteiger charge is -2.48. The van der Waals surface area contributed by atoms with E-state index in [1.165, 1.54) is 11.8 Å². The maximum atomic E-state index is 11.8. The van der Waals surface area contributed by atoms with E-state index in [2.05, 4.69) is 59.1 Å². The SMILES string of the molecule is CO[C@H]1CCN(c2nccc(Nc3cc4c(C(C)C)ccc(N5C[C@H](CS(C)(=O)=O)[C@H]5C)c4cn3)n2)CC1N. The highest BCUT2D eigenvalue weighted by molar-refractivity contribution is 7.90. The Hall–Kier alpha value is -3.02. The van der Waals surface area contributed by atoms with Crippen LogP contribution in [0.2, 0.25) is 0 Å². The highest BCUT2D eigenvalue weighted by Gasteiger charge is 2.38. The summed E-state index contributed by atoms with van der Waals surface area (Å²) in [6, 6.07) is 8.29. The maximum Gasteiger partial charge on any atom is 0.227 e. The molecule has 39 heavy (non-hydrogen) atoms. The van der Waals surface area contributed by atoms with E-state index in [1.807, 2.05) is 12.3 Å². The minimum Gasteiger partial charge on any atom is -0.380 e. The molecule has 3 N–H and O–H groups in total. The summed E-state index contributed by atoms with van der Waals surface area (Å²) in [5.41, 5.74) is 8.61. The number of nitrogens with two attached hydrogens (primary N) is 1. The Balaban J connectivity index is 1.40. The number of pyridine rings is 1. The number of ether oxygens (including phenoxy) is 1. The first kappa shape index (κ1) is 27.5. The molecule has 4 atom stereocenters. The molecule has 10 nitrogen and oxygen atoms in total. The van der Waals surface area contributed by atoms with Gasteiger partial charge in [-0.15, -0.1) is 0 Å². The predicted octanol–water partition coefficient (Wildman–Crippen LogP) is 3.31. The fourth-order valence-electron chi connectivity index (χ4n) is 5.79. The third-order valence-electron chi connectivity index (χ3n) is 8.04. The number of methoxy groups -OCH3 is 1. The second kappa shape index (κ2) is 10.9. The van der Waals surface area contributed by atoms with Crippen molar-refractivity contribution in [3.8, 4) is 0 Å². The first-order valence-electron chi connectivity index (χ1n) is 13.5. The van der Waals surface area contributed by atoms with Crippen LogP contribution in [0.5, 0.6) is 0 Å². The summed E-state index contributed by atoms with van der Waals surface area (Å²) < 4.78 is 29.1. The number of fused-ring (bicyclic) bond motifs is 1. The van der Waals surface area contributed by atoms with Crippen LogP contribution in [0.4, 0.5) is 23.3 Å². The zero-order chi connectivity index (χ0) is 27.9. The van der Waals surface area contributed by atoms with Crippen LogP contribution >= 0.6 is 0 Å². The van der Waals surface area contributed by atoms with Gasteiger partial charge in [0.25, 0.3) is 0 Å². The van der Waals surface area contributed by atoms with Gasteiger partial charge in [-0.2, -0.15) is 4.98 Å². The quantitative estimate of drug-likeness (QED) is 0.429. The molecule has 210 valence electrons. The molecule has 1 aromatic carbocycles. The number of aromatic nitrogens is 3. The van der Waals surface area contributed by atoms with E-state index in [1.54, 1.807) is 13.3 Å². The molecule has 0 aliphatic carbocycles. The van der Waals surface area contributed by atoms with Crippen LogP contribution < -0.4 is 20.9 Å². The summed E-state index contributed by atoms with van der Waals surface area (Å²) in [6.45, 7) is 8.61. The van der Waals surface area contributed by atoms with Gasteiger partial charge in [0.2, 0.25) is 5.95 Å². The second-order valence-corrected chi connectivity index (χ2v) is 13.4. The van der Waals surface area contributed by atoms with Crippen LogP contribution in [0.25, 0.3) is 10.8 Å². The number of rotatable bonds is 8. The molecule has 0 bridgehead atoms. The summed E-state index contributed by atoms with van der Waals surface area (Å²) in [5.74, 6) is 2.68. The standard InChI is InChI=1S/C28H39N7O3S/c1-17(2)20-6-7-24(35-14-19(18(35)3)16-39(5,36)37)22-13-31-27(12-21(20)22)32-26-8-10-30-28(33-26)34-11-9-25(38-4)23(29)15-34/h6-8,10,12-13,17-19,23,25H,9,11,14-16,29H2,1-5H3,(H,30,31,32,33)/t18-,19-,23?,25+/m1/s1. The molecule has 2 aliphatic heterocycles. The molecule has 0 amide bonds. The van der Waals surface area contributed by atoms with Gasteiger partial charge in [0.15, 0.2) is 0 Å². The summed E-state index contributed by atoms with van der Waals surface area (Å²) in [6.07, 6.45) is 5.85. The van der Waals surface area contributed by atoms with Crippen molar-refractivity contribution < 1.29 is 13.2 Å². The normalized spacial score (nSPS) is 23.8. The van der Waals surface area contributed by atoms with Crippen molar-refractivity contribution in [1.29, 1.82) is 0 Å². The van der Waals surface area contributed by atoms with Crippen molar-refractivity contribution in [3.05, 3.63) is 42.2 Å². The Kier molecular flexibility index (Phi) is 7.67. The van der Waals surface area contributed by atoms with E-state index in [-0.39, 0.29) is 29.9 Å². The Morgan fingerprint density at radius 3 is 2.62 bits per heavy atom. The fraction of sp³-hybridized carbons (Fsp3) is 0.536. The molecule has 0 radical (unpaired) electrons. The second-order valence-electron chi connectivity index (χ2n) is 11.2. The number of nitrogens with one attached hydrogen (secondary N) is 1. The van der Waals surface area contributed by atoms with Crippen molar-refractivity contribution in [2.75, 3.05) is 53.9 Å². The first-order chi connectivity index (χ1) is 18.5. The van der Waals surface area contributed by atoms with Gasteiger partial charge in [0.1, 0.15) is 21.5 Å². The lowest BCUT2D eigenvalue weighted by Crippen LogP contribution is -2.57.